The predicted molar refractivity (Wildman–Crippen MR) is 90.1 cm³/mol. The highest BCUT2D eigenvalue weighted by molar-refractivity contribution is 14.1. The van der Waals surface area contributed by atoms with E-state index in [2.05, 4.69) is 58.3 Å². The van der Waals surface area contributed by atoms with Gasteiger partial charge in [-0.1, -0.05) is 25.3 Å². The molecule has 0 aromatic heterocycles. The fourth-order valence-corrected chi connectivity index (χ4v) is 3.09. The van der Waals surface area contributed by atoms with Crippen LogP contribution in [0.5, 0.6) is 0 Å². The predicted octanol–water partition coefficient (Wildman–Crippen LogP) is 4.22. The Morgan fingerprint density at radius 1 is 1.28 bits per heavy atom. The van der Waals surface area contributed by atoms with Gasteiger partial charge in [0.15, 0.2) is 5.11 Å². The summed E-state index contributed by atoms with van der Waals surface area (Å²) >= 11 is 7.72. The molecule has 1 aromatic carbocycles. The second-order valence-corrected chi connectivity index (χ2v) is 6.55. The molecule has 2 rings (SSSR count). The van der Waals surface area contributed by atoms with Crippen LogP contribution in [-0.4, -0.2) is 11.2 Å². The van der Waals surface area contributed by atoms with Gasteiger partial charge >= 0.3 is 0 Å². The standard InChI is InChI=1S/C14H19IN2S/c1-10-7-8-11(15)9-13(10)17-14(18)16-12-5-3-2-4-6-12/h7-9,12H,2-6H2,1H3,(H2,16,17,18). The second kappa shape index (κ2) is 6.70. The summed E-state index contributed by atoms with van der Waals surface area (Å²) in [5.74, 6) is 0. The van der Waals surface area contributed by atoms with Crippen LogP contribution in [0.4, 0.5) is 5.69 Å². The molecule has 0 spiro atoms. The molecule has 1 fully saturated rings. The van der Waals surface area contributed by atoms with E-state index >= 15 is 0 Å². The van der Waals surface area contributed by atoms with Crippen LogP contribution < -0.4 is 10.6 Å². The lowest BCUT2D eigenvalue weighted by atomic mass is 9.96. The average molecular weight is 374 g/mol. The van der Waals surface area contributed by atoms with Gasteiger partial charge in [0.25, 0.3) is 0 Å². The fraction of sp³-hybridized carbons (Fsp3) is 0.500. The van der Waals surface area contributed by atoms with E-state index in [-0.39, 0.29) is 0 Å². The van der Waals surface area contributed by atoms with Gasteiger partial charge in [-0.3, -0.25) is 0 Å². The molecule has 1 aliphatic rings. The van der Waals surface area contributed by atoms with Crippen molar-refractivity contribution in [2.75, 3.05) is 5.32 Å². The van der Waals surface area contributed by atoms with Gasteiger partial charge in [0.1, 0.15) is 0 Å². The van der Waals surface area contributed by atoms with E-state index in [1.165, 1.54) is 41.2 Å². The fourth-order valence-electron chi connectivity index (χ4n) is 2.32. The lowest BCUT2D eigenvalue weighted by Gasteiger charge is -2.24. The van der Waals surface area contributed by atoms with Crippen LogP contribution in [0.25, 0.3) is 0 Å². The third-order valence-corrected chi connectivity index (χ3v) is 4.28. The molecule has 98 valence electrons. The third kappa shape index (κ3) is 4.09. The molecule has 0 aliphatic heterocycles. The molecule has 18 heavy (non-hydrogen) atoms. The smallest absolute Gasteiger partial charge is 0.171 e. The number of nitrogens with one attached hydrogen (secondary N) is 2. The maximum absolute atomic E-state index is 5.40. The lowest BCUT2D eigenvalue weighted by Crippen LogP contribution is -2.38. The Kier molecular flexibility index (Phi) is 5.24. The molecule has 0 atom stereocenters. The largest absolute Gasteiger partial charge is 0.360 e. The molecule has 0 unspecified atom stereocenters. The summed E-state index contributed by atoms with van der Waals surface area (Å²) in [6, 6.07) is 6.92. The zero-order valence-corrected chi connectivity index (χ0v) is 13.6. The van der Waals surface area contributed by atoms with Crippen LogP contribution in [0.3, 0.4) is 0 Å². The van der Waals surface area contributed by atoms with Crippen molar-refractivity contribution in [2.45, 2.75) is 45.1 Å². The number of aryl methyl sites for hydroxylation is 1. The first-order valence-corrected chi connectivity index (χ1v) is 7.97. The van der Waals surface area contributed by atoms with Crippen LogP contribution >= 0.6 is 34.8 Å². The van der Waals surface area contributed by atoms with Gasteiger partial charge < -0.3 is 10.6 Å². The molecule has 0 amide bonds. The van der Waals surface area contributed by atoms with Crippen molar-refractivity contribution in [3.63, 3.8) is 0 Å². The number of anilines is 1. The molecule has 0 radical (unpaired) electrons. The lowest BCUT2D eigenvalue weighted by molar-refractivity contribution is 0.415. The van der Waals surface area contributed by atoms with Gasteiger partial charge in [-0.2, -0.15) is 0 Å². The Hall–Kier alpha value is -0.360. The van der Waals surface area contributed by atoms with Crippen molar-refractivity contribution < 1.29 is 0 Å². The van der Waals surface area contributed by atoms with Crippen molar-refractivity contribution in [3.05, 3.63) is 27.3 Å². The maximum Gasteiger partial charge on any atom is 0.171 e. The zero-order chi connectivity index (χ0) is 13.0. The highest BCUT2D eigenvalue weighted by Crippen LogP contribution is 2.20. The van der Waals surface area contributed by atoms with E-state index in [1.54, 1.807) is 0 Å². The van der Waals surface area contributed by atoms with Crippen LogP contribution in [0.1, 0.15) is 37.7 Å². The van der Waals surface area contributed by atoms with Gasteiger partial charge in [0.05, 0.1) is 0 Å². The summed E-state index contributed by atoms with van der Waals surface area (Å²) in [4.78, 5) is 0. The highest BCUT2D eigenvalue weighted by atomic mass is 127. The Balaban J connectivity index is 1.92. The van der Waals surface area contributed by atoms with Gasteiger partial charge in [0, 0.05) is 15.3 Å². The quantitative estimate of drug-likeness (QED) is 0.599. The molecule has 1 aliphatic carbocycles. The number of halogens is 1. The average Bonchev–Trinajstić information content (AvgIpc) is 2.35. The van der Waals surface area contributed by atoms with Crippen LogP contribution in [0.15, 0.2) is 18.2 Å². The Labute approximate surface area is 128 Å². The topological polar surface area (TPSA) is 24.1 Å². The first-order chi connectivity index (χ1) is 8.65. The minimum atomic E-state index is 0.557. The van der Waals surface area contributed by atoms with Gasteiger partial charge in [0.2, 0.25) is 0 Å². The minimum absolute atomic E-state index is 0.557. The van der Waals surface area contributed by atoms with Gasteiger partial charge in [-0.05, 0) is 72.3 Å². The van der Waals surface area contributed by atoms with Crippen LogP contribution in [0, 0.1) is 10.5 Å². The van der Waals surface area contributed by atoms with E-state index < -0.39 is 0 Å². The van der Waals surface area contributed by atoms with Crippen LogP contribution in [-0.2, 0) is 0 Å². The van der Waals surface area contributed by atoms with E-state index in [0.717, 1.165) is 10.8 Å². The molecule has 4 heteroatoms. The Morgan fingerprint density at radius 3 is 2.72 bits per heavy atom. The second-order valence-electron chi connectivity index (χ2n) is 4.89. The van der Waals surface area contributed by atoms with E-state index in [1.807, 2.05) is 0 Å². The summed E-state index contributed by atoms with van der Waals surface area (Å²) in [6.45, 7) is 2.10. The van der Waals surface area contributed by atoms with Gasteiger partial charge in [-0.15, -0.1) is 0 Å². The minimum Gasteiger partial charge on any atom is -0.360 e. The number of hydrogen-bond acceptors (Lipinski definition) is 1. The zero-order valence-electron chi connectivity index (χ0n) is 10.6. The molecule has 2 N–H and O–H groups in total. The van der Waals surface area contributed by atoms with Crippen molar-refractivity contribution in [3.8, 4) is 0 Å². The normalized spacial score (nSPS) is 16.3. The van der Waals surface area contributed by atoms with E-state index in [0.29, 0.717) is 6.04 Å². The first kappa shape index (κ1) is 14.1. The van der Waals surface area contributed by atoms with Crippen molar-refractivity contribution >= 4 is 45.6 Å². The van der Waals surface area contributed by atoms with Gasteiger partial charge in [-0.25, -0.2) is 0 Å². The molecule has 1 saturated carbocycles. The molecule has 0 heterocycles. The number of thiocarbonyl (C=S) groups is 1. The molecule has 0 bridgehead atoms. The van der Waals surface area contributed by atoms with E-state index in [4.69, 9.17) is 12.2 Å². The van der Waals surface area contributed by atoms with E-state index in [9.17, 15) is 0 Å². The number of hydrogen-bond donors (Lipinski definition) is 2. The first-order valence-electron chi connectivity index (χ1n) is 6.49. The Bertz CT molecular complexity index is 428. The van der Waals surface area contributed by atoms with Crippen molar-refractivity contribution in [2.24, 2.45) is 0 Å². The summed E-state index contributed by atoms with van der Waals surface area (Å²) < 4.78 is 1.22. The molecule has 1 aromatic rings. The molecule has 0 saturated heterocycles. The molecule has 2 nitrogen and oxygen atoms in total. The molecular weight excluding hydrogens is 355 g/mol. The SMILES string of the molecule is Cc1ccc(I)cc1NC(=S)NC1CCCCC1. The maximum atomic E-state index is 5.40. The summed E-state index contributed by atoms with van der Waals surface area (Å²) in [7, 11) is 0. The van der Waals surface area contributed by atoms with Crippen molar-refractivity contribution in [1.82, 2.24) is 5.32 Å². The highest BCUT2D eigenvalue weighted by Gasteiger charge is 2.14. The summed E-state index contributed by atoms with van der Waals surface area (Å²) in [5, 5.41) is 7.50. The Morgan fingerprint density at radius 2 is 2.00 bits per heavy atom. The monoisotopic (exact) mass is 374 g/mol. The molecular formula is C14H19IN2S. The number of rotatable bonds is 2. The van der Waals surface area contributed by atoms with Crippen molar-refractivity contribution in [1.29, 1.82) is 0 Å². The van der Waals surface area contributed by atoms with Crippen LogP contribution in [0.2, 0.25) is 0 Å². The summed E-state index contributed by atoms with van der Waals surface area (Å²) in [6.07, 6.45) is 6.50. The summed E-state index contributed by atoms with van der Waals surface area (Å²) in [5.41, 5.74) is 2.33. The third-order valence-electron chi connectivity index (χ3n) is 3.39. The number of benzene rings is 1.